The van der Waals surface area contributed by atoms with Crippen molar-refractivity contribution in [3.05, 3.63) is 35.0 Å². The molecule has 23 heavy (non-hydrogen) atoms. The Morgan fingerprint density at radius 2 is 1.91 bits per heavy atom. The normalized spacial score (nSPS) is 11.4. The van der Waals surface area contributed by atoms with Crippen LogP contribution in [0.1, 0.15) is 19.4 Å². The predicted octanol–water partition coefficient (Wildman–Crippen LogP) is 4.13. The van der Waals surface area contributed by atoms with E-state index in [0.717, 1.165) is 25.2 Å². The lowest BCUT2D eigenvalue weighted by Crippen LogP contribution is -2.23. The molecule has 0 aliphatic rings. The van der Waals surface area contributed by atoms with Crippen LogP contribution < -0.4 is 10.2 Å². The van der Waals surface area contributed by atoms with Crippen LogP contribution in [0.5, 0.6) is 0 Å². The van der Waals surface area contributed by atoms with E-state index in [4.69, 9.17) is 11.6 Å². The minimum absolute atomic E-state index is 0.0694. The predicted molar refractivity (Wildman–Crippen MR) is 83.1 cm³/mol. The number of benzene rings is 1. The molecule has 1 N–H and O–H groups in total. The van der Waals surface area contributed by atoms with Crippen LogP contribution in [0.4, 0.5) is 30.6 Å². The van der Waals surface area contributed by atoms with E-state index in [1.54, 1.807) is 0 Å². The van der Waals surface area contributed by atoms with Crippen molar-refractivity contribution in [2.75, 3.05) is 23.3 Å². The summed E-state index contributed by atoms with van der Waals surface area (Å²) in [5, 5.41) is 10.4. The number of alkyl halides is 3. The van der Waals surface area contributed by atoms with Crippen LogP contribution in [0, 0.1) is 0 Å². The second-order valence-electron chi connectivity index (χ2n) is 4.63. The maximum Gasteiger partial charge on any atom is 0.416 e. The Morgan fingerprint density at radius 3 is 2.52 bits per heavy atom. The van der Waals surface area contributed by atoms with Crippen molar-refractivity contribution in [1.29, 1.82) is 0 Å². The Labute approximate surface area is 136 Å². The third kappa shape index (κ3) is 4.22. The zero-order valence-corrected chi connectivity index (χ0v) is 13.3. The Kier molecular flexibility index (Phi) is 5.25. The van der Waals surface area contributed by atoms with Crippen LogP contribution in [0.3, 0.4) is 0 Å². The molecular formula is C14H15ClF3N5. The van der Waals surface area contributed by atoms with Gasteiger partial charge >= 0.3 is 6.18 Å². The fourth-order valence-corrected chi connectivity index (χ4v) is 2.13. The molecule has 1 aromatic carbocycles. The van der Waals surface area contributed by atoms with Gasteiger partial charge in [0.2, 0.25) is 5.95 Å². The van der Waals surface area contributed by atoms with Crippen molar-refractivity contribution in [2.45, 2.75) is 20.0 Å². The Balaban J connectivity index is 2.31. The fraction of sp³-hybridized carbons (Fsp3) is 0.357. The van der Waals surface area contributed by atoms with Crippen LogP contribution in [0.15, 0.2) is 24.4 Å². The van der Waals surface area contributed by atoms with Crippen molar-refractivity contribution in [2.24, 2.45) is 0 Å². The first kappa shape index (κ1) is 17.3. The number of rotatable bonds is 5. The number of anilines is 3. The molecule has 0 spiro atoms. The molecule has 124 valence electrons. The standard InChI is InChI=1S/C14H15ClF3N5/c1-3-23(4-2)12-8-19-22-13(21-12)20-11-7-9(14(16,17)18)5-6-10(11)15/h5-8H,3-4H2,1-2H3,(H,20,21,22). The largest absolute Gasteiger partial charge is 0.416 e. The van der Waals surface area contributed by atoms with Gasteiger partial charge in [0, 0.05) is 13.1 Å². The van der Waals surface area contributed by atoms with Gasteiger partial charge in [-0.2, -0.15) is 23.3 Å². The number of halogens is 4. The zero-order chi connectivity index (χ0) is 17.0. The van der Waals surface area contributed by atoms with E-state index in [1.807, 2.05) is 18.7 Å². The van der Waals surface area contributed by atoms with Crippen molar-refractivity contribution in [3.63, 3.8) is 0 Å². The van der Waals surface area contributed by atoms with Gasteiger partial charge in [-0.3, -0.25) is 0 Å². The maximum absolute atomic E-state index is 12.8. The summed E-state index contributed by atoms with van der Waals surface area (Å²) in [6, 6.07) is 3.00. The molecule has 2 rings (SSSR count). The molecule has 0 atom stereocenters. The molecule has 0 amide bonds. The molecule has 0 aliphatic carbocycles. The smallest absolute Gasteiger partial charge is 0.356 e. The van der Waals surface area contributed by atoms with Gasteiger partial charge in [-0.25, -0.2) is 0 Å². The second kappa shape index (κ2) is 6.99. The molecule has 2 aromatic rings. The van der Waals surface area contributed by atoms with E-state index in [2.05, 4.69) is 20.5 Å². The van der Waals surface area contributed by atoms with Gasteiger partial charge in [0.1, 0.15) is 0 Å². The van der Waals surface area contributed by atoms with Crippen LogP contribution in [-0.4, -0.2) is 28.3 Å². The topological polar surface area (TPSA) is 53.9 Å². The lowest BCUT2D eigenvalue weighted by molar-refractivity contribution is -0.137. The molecular weight excluding hydrogens is 331 g/mol. The third-order valence-corrected chi connectivity index (χ3v) is 3.50. The Morgan fingerprint density at radius 1 is 1.22 bits per heavy atom. The molecule has 0 fully saturated rings. The average Bonchev–Trinajstić information content (AvgIpc) is 2.50. The molecule has 0 aliphatic heterocycles. The van der Waals surface area contributed by atoms with E-state index in [1.165, 1.54) is 12.3 Å². The van der Waals surface area contributed by atoms with Gasteiger partial charge in [-0.1, -0.05) is 11.6 Å². The highest BCUT2D eigenvalue weighted by Gasteiger charge is 2.31. The highest BCUT2D eigenvalue weighted by Crippen LogP contribution is 2.34. The Bertz CT molecular complexity index is 674. The molecule has 9 heteroatoms. The van der Waals surface area contributed by atoms with Crippen molar-refractivity contribution in [3.8, 4) is 0 Å². The van der Waals surface area contributed by atoms with E-state index >= 15 is 0 Å². The zero-order valence-electron chi connectivity index (χ0n) is 12.5. The number of hydrogen-bond donors (Lipinski definition) is 1. The maximum atomic E-state index is 12.8. The summed E-state index contributed by atoms with van der Waals surface area (Å²) in [5.41, 5.74) is -0.739. The minimum Gasteiger partial charge on any atom is -0.356 e. The van der Waals surface area contributed by atoms with Gasteiger partial charge in [0.25, 0.3) is 0 Å². The lowest BCUT2D eigenvalue weighted by atomic mass is 10.2. The van der Waals surface area contributed by atoms with Gasteiger partial charge in [-0.05, 0) is 32.0 Å². The summed E-state index contributed by atoms with van der Waals surface area (Å²) in [7, 11) is 0. The van der Waals surface area contributed by atoms with Crippen LogP contribution in [0.25, 0.3) is 0 Å². The highest BCUT2D eigenvalue weighted by molar-refractivity contribution is 6.33. The van der Waals surface area contributed by atoms with Crippen molar-refractivity contribution >= 4 is 29.1 Å². The molecule has 0 saturated heterocycles. The summed E-state index contributed by atoms with van der Waals surface area (Å²) in [6.45, 7) is 5.36. The summed E-state index contributed by atoms with van der Waals surface area (Å²) in [5.74, 6) is 0.659. The summed E-state index contributed by atoms with van der Waals surface area (Å²) in [4.78, 5) is 6.18. The first-order chi connectivity index (χ1) is 10.8. The molecule has 0 unspecified atom stereocenters. The van der Waals surface area contributed by atoms with Gasteiger partial charge in [0.05, 0.1) is 22.5 Å². The number of hydrogen-bond acceptors (Lipinski definition) is 5. The number of nitrogens with one attached hydrogen (secondary N) is 1. The van der Waals surface area contributed by atoms with Gasteiger partial charge in [-0.15, -0.1) is 5.10 Å². The highest BCUT2D eigenvalue weighted by atomic mass is 35.5. The first-order valence-corrected chi connectivity index (χ1v) is 7.31. The SMILES string of the molecule is CCN(CC)c1cnnc(Nc2cc(C(F)(F)F)ccc2Cl)n1. The van der Waals surface area contributed by atoms with E-state index in [9.17, 15) is 13.2 Å². The van der Waals surface area contributed by atoms with Crippen LogP contribution in [0.2, 0.25) is 5.02 Å². The van der Waals surface area contributed by atoms with Crippen LogP contribution >= 0.6 is 11.6 Å². The monoisotopic (exact) mass is 345 g/mol. The van der Waals surface area contributed by atoms with Crippen molar-refractivity contribution in [1.82, 2.24) is 15.2 Å². The van der Waals surface area contributed by atoms with Crippen LogP contribution in [-0.2, 0) is 6.18 Å². The molecule has 0 saturated carbocycles. The van der Waals surface area contributed by atoms with E-state index < -0.39 is 11.7 Å². The average molecular weight is 346 g/mol. The Hall–Kier alpha value is -2.09. The summed E-state index contributed by atoms with van der Waals surface area (Å²) in [6.07, 6.45) is -2.96. The molecule has 1 heterocycles. The minimum atomic E-state index is -4.46. The number of aromatic nitrogens is 3. The molecule has 1 aromatic heterocycles. The quantitative estimate of drug-likeness (QED) is 0.882. The van der Waals surface area contributed by atoms with Gasteiger partial charge < -0.3 is 10.2 Å². The molecule has 0 bridgehead atoms. The van der Waals surface area contributed by atoms with E-state index in [-0.39, 0.29) is 16.7 Å². The first-order valence-electron chi connectivity index (χ1n) is 6.93. The lowest BCUT2D eigenvalue weighted by Gasteiger charge is -2.19. The van der Waals surface area contributed by atoms with Gasteiger partial charge in [0.15, 0.2) is 5.82 Å². The van der Waals surface area contributed by atoms with E-state index in [0.29, 0.717) is 5.82 Å². The summed E-state index contributed by atoms with van der Waals surface area (Å²) < 4.78 is 38.3. The molecule has 5 nitrogen and oxygen atoms in total. The molecule has 0 radical (unpaired) electrons. The van der Waals surface area contributed by atoms with Crippen molar-refractivity contribution < 1.29 is 13.2 Å². The fourth-order valence-electron chi connectivity index (χ4n) is 1.97. The second-order valence-corrected chi connectivity index (χ2v) is 5.04. The number of nitrogens with zero attached hydrogens (tertiary/aromatic N) is 4. The summed E-state index contributed by atoms with van der Waals surface area (Å²) >= 11 is 5.94. The third-order valence-electron chi connectivity index (χ3n) is 3.17.